The van der Waals surface area contributed by atoms with Crippen LogP contribution in [0.25, 0.3) is 0 Å². The first-order valence-corrected chi connectivity index (χ1v) is 12.4. The van der Waals surface area contributed by atoms with Gasteiger partial charge in [-0.2, -0.15) is 0 Å². The second kappa shape index (κ2) is 10.6. The molecule has 1 amide bonds. The van der Waals surface area contributed by atoms with E-state index < -0.39 is 6.04 Å². The van der Waals surface area contributed by atoms with Gasteiger partial charge in [0.2, 0.25) is 5.96 Å². The first kappa shape index (κ1) is 23.6. The number of benzene rings is 4. The van der Waals surface area contributed by atoms with Crippen LogP contribution in [0.5, 0.6) is 0 Å². The normalized spacial score (nSPS) is 15.2. The van der Waals surface area contributed by atoms with Gasteiger partial charge in [-0.3, -0.25) is 4.79 Å². The van der Waals surface area contributed by atoms with Gasteiger partial charge in [-0.15, -0.1) is 0 Å². The number of carbonyl (C=O) groups excluding carboxylic acids is 1. The summed E-state index contributed by atoms with van der Waals surface area (Å²) in [6.07, 6.45) is 0.578. The summed E-state index contributed by atoms with van der Waals surface area (Å²) in [4.78, 5) is 23.0. The van der Waals surface area contributed by atoms with Crippen LogP contribution in [0.3, 0.4) is 0 Å². The summed E-state index contributed by atoms with van der Waals surface area (Å²) in [5, 5.41) is 0. The number of aryl methyl sites for hydroxylation is 2. The first-order chi connectivity index (χ1) is 17.6. The molecule has 1 atom stereocenters. The van der Waals surface area contributed by atoms with Gasteiger partial charge in [0.15, 0.2) is 0 Å². The van der Waals surface area contributed by atoms with Gasteiger partial charge in [0.05, 0.1) is 5.69 Å². The Bertz CT molecular complexity index is 1310. The van der Waals surface area contributed by atoms with E-state index in [0.29, 0.717) is 25.5 Å². The molecule has 1 aliphatic rings. The maximum atomic E-state index is 13.9. The van der Waals surface area contributed by atoms with Crippen LogP contribution in [0.4, 0.5) is 5.69 Å². The zero-order valence-electron chi connectivity index (χ0n) is 20.8. The molecule has 0 spiro atoms. The third-order valence-corrected chi connectivity index (χ3v) is 6.71. The van der Waals surface area contributed by atoms with Crippen LogP contribution in [-0.4, -0.2) is 22.8 Å². The summed E-state index contributed by atoms with van der Waals surface area (Å²) in [7, 11) is 0. The van der Waals surface area contributed by atoms with Gasteiger partial charge in [0.25, 0.3) is 5.91 Å². The number of hydrogen-bond acceptors (Lipinski definition) is 3. The lowest BCUT2D eigenvalue weighted by molar-refractivity contribution is -0.118. The zero-order valence-corrected chi connectivity index (χ0v) is 20.8. The Morgan fingerprint density at radius 2 is 1.22 bits per heavy atom. The highest BCUT2D eigenvalue weighted by Crippen LogP contribution is 2.28. The number of aliphatic imine (C=N–C) groups is 1. The van der Waals surface area contributed by atoms with Crippen molar-refractivity contribution >= 4 is 17.6 Å². The van der Waals surface area contributed by atoms with Gasteiger partial charge in [-0.05, 0) is 53.8 Å². The molecule has 1 heterocycles. The molecule has 36 heavy (non-hydrogen) atoms. The monoisotopic (exact) mass is 473 g/mol. The fourth-order valence-electron chi connectivity index (χ4n) is 4.61. The molecule has 0 fully saturated rings. The summed E-state index contributed by atoms with van der Waals surface area (Å²) in [5.41, 5.74) is 6.69. The summed E-state index contributed by atoms with van der Waals surface area (Å²) in [6, 6.07) is 36.6. The molecule has 4 aromatic carbocycles. The van der Waals surface area contributed by atoms with Gasteiger partial charge in [-0.1, -0.05) is 97.1 Å². The number of anilines is 1. The van der Waals surface area contributed by atoms with Crippen LogP contribution in [0.1, 0.15) is 27.8 Å². The number of rotatable bonds is 7. The van der Waals surface area contributed by atoms with Gasteiger partial charge in [0, 0.05) is 19.5 Å². The topological polar surface area (TPSA) is 35.9 Å². The molecule has 0 N–H and O–H groups in total. The SMILES string of the molecule is Cc1ccc(N2C(=O)C(Cc3ccccc3)N=C2N(Cc2ccccc2)Cc2ccccc2)cc1C. The molecule has 1 unspecified atom stereocenters. The summed E-state index contributed by atoms with van der Waals surface area (Å²) in [5.74, 6) is 0.722. The molecule has 0 saturated heterocycles. The Labute approximate surface area is 213 Å². The highest BCUT2D eigenvalue weighted by molar-refractivity contribution is 6.22. The molecule has 0 bridgehead atoms. The van der Waals surface area contributed by atoms with Crippen LogP contribution in [0.2, 0.25) is 0 Å². The van der Waals surface area contributed by atoms with Crippen molar-refractivity contribution in [3.63, 3.8) is 0 Å². The van der Waals surface area contributed by atoms with Gasteiger partial charge < -0.3 is 4.90 Å². The van der Waals surface area contributed by atoms with Crippen molar-refractivity contribution in [1.82, 2.24) is 4.90 Å². The molecule has 0 radical (unpaired) electrons. The molecule has 4 nitrogen and oxygen atoms in total. The van der Waals surface area contributed by atoms with Crippen molar-refractivity contribution in [3.05, 3.63) is 137 Å². The molecular formula is C32H31N3O. The Morgan fingerprint density at radius 1 is 0.694 bits per heavy atom. The van der Waals surface area contributed by atoms with Crippen LogP contribution in [0.15, 0.2) is 114 Å². The zero-order chi connectivity index (χ0) is 24.9. The molecular weight excluding hydrogens is 442 g/mol. The van der Waals surface area contributed by atoms with Crippen molar-refractivity contribution in [1.29, 1.82) is 0 Å². The van der Waals surface area contributed by atoms with E-state index >= 15 is 0 Å². The third-order valence-electron chi connectivity index (χ3n) is 6.71. The Morgan fingerprint density at radius 3 is 1.75 bits per heavy atom. The predicted molar refractivity (Wildman–Crippen MR) is 147 cm³/mol. The minimum absolute atomic E-state index is 0.0169. The van der Waals surface area contributed by atoms with E-state index in [1.54, 1.807) is 0 Å². The van der Waals surface area contributed by atoms with Crippen molar-refractivity contribution in [2.24, 2.45) is 4.99 Å². The van der Waals surface area contributed by atoms with E-state index in [0.717, 1.165) is 16.8 Å². The lowest BCUT2D eigenvalue weighted by atomic mass is 10.1. The minimum atomic E-state index is -0.460. The molecule has 0 saturated carbocycles. The lowest BCUT2D eigenvalue weighted by Crippen LogP contribution is -2.44. The van der Waals surface area contributed by atoms with Gasteiger partial charge >= 0.3 is 0 Å². The maximum absolute atomic E-state index is 13.9. The summed E-state index contributed by atoms with van der Waals surface area (Å²) in [6.45, 7) is 5.49. The fraction of sp³-hybridized carbons (Fsp3) is 0.188. The number of nitrogens with zero attached hydrogens (tertiary/aromatic N) is 3. The van der Waals surface area contributed by atoms with E-state index in [2.05, 4.69) is 91.5 Å². The number of hydrogen-bond donors (Lipinski definition) is 0. The summed E-state index contributed by atoms with van der Waals surface area (Å²) >= 11 is 0. The van der Waals surface area contributed by atoms with Crippen molar-refractivity contribution in [2.75, 3.05) is 4.90 Å². The van der Waals surface area contributed by atoms with Crippen LogP contribution < -0.4 is 4.90 Å². The van der Waals surface area contributed by atoms with Gasteiger partial charge in [-0.25, -0.2) is 9.89 Å². The van der Waals surface area contributed by atoms with Crippen molar-refractivity contribution < 1.29 is 4.79 Å². The maximum Gasteiger partial charge on any atom is 0.259 e. The second-order valence-electron chi connectivity index (χ2n) is 9.40. The van der Waals surface area contributed by atoms with E-state index in [1.165, 1.54) is 16.7 Å². The van der Waals surface area contributed by atoms with Crippen molar-refractivity contribution in [3.8, 4) is 0 Å². The number of guanidine groups is 1. The van der Waals surface area contributed by atoms with Crippen molar-refractivity contribution in [2.45, 2.75) is 39.4 Å². The van der Waals surface area contributed by atoms with E-state index in [-0.39, 0.29) is 5.91 Å². The molecule has 4 aromatic rings. The number of carbonyl (C=O) groups is 1. The van der Waals surface area contributed by atoms with Crippen LogP contribution >= 0.6 is 0 Å². The summed E-state index contributed by atoms with van der Waals surface area (Å²) < 4.78 is 0. The van der Waals surface area contributed by atoms with E-state index in [4.69, 9.17) is 4.99 Å². The van der Waals surface area contributed by atoms with Crippen LogP contribution in [-0.2, 0) is 24.3 Å². The highest BCUT2D eigenvalue weighted by atomic mass is 16.2. The number of amides is 1. The smallest absolute Gasteiger partial charge is 0.259 e. The van der Waals surface area contributed by atoms with E-state index in [1.807, 2.05) is 41.3 Å². The average molecular weight is 474 g/mol. The molecule has 0 aliphatic carbocycles. The Balaban J connectivity index is 1.56. The van der Waals surface area contributed by atoms with Crippen LogP contribution in [0, 0.1) is 13.8 Å². The first-order valence-electron chi connectivity index (χ1n) is 12.4. The Kier molecular flexibility index (Phi) is 6.94. The minimum Gasteiger partial charge on any atom is -0.334 e. The second-order valence-corrected chi connectivity index (χ2v) is 9.40. The largest absolute Gasteiger partial charge is 0.334 e. The quantitative estimate of drug-likeness (QED) is 0.315. The average Bonchev–Trinajstić information content (AvgIpc) is 3.23. The molecule has 1 aliphatic heterocycles. The standard InChI is InChI=1S/C32H31N3O/c1-24-18-19-29(20-25(24)2)35-31(36)30(21-26-12-6-3-7-13-26)33-32(35)34(22-27-14-8-4-9-15-27)23-28-16-10-5-11-17-28/h3-20,30H,21-23H2,1-2H3. The Hall–Kier alpha value is -4.18. The highest BCUT2D eigenvalue weighted by Gasteiger charge is 2.38. The lowest BCUT2D eigenvalue weighted by Gasteiger charge is -2.30. The van der Waals surface area contributed by atoms with E-state index in [9.17, 15) is 4.79 Å². The van der Waals surface area contributed by atoms with Gasteiger partial charge in [0.1, 0.15) is 6.04 Å². The molecule has 180 valence electrons. The molecule has 4 heteroatoms. The molecule has 5 rings (SSSR count). The fourth-order valence-corrected chi connectivity index (χ4v) is 4.61. The molecule has 0 aromatic heterocycles. The predicted octanol–water partition coefficient (Wildman–Crippen LogP) is 6.32. The third kappa shape index (κ3) is 5.23.